The molecule has 1 saturated heterocycles. The minimum atomic E-state index is 0.627. The molecule has 1 fully saturated rings. The van der Waals surface area contributed by atoms with E-state index in [0.29, 0.717) is 5.96 Å². The van der Waals surface area contributed by atoms with Gasteiger partial charge >= 0.3 is 0 Å². The molecule has 2 N–H and O–H groups in total. The van der Waals surface area contributed by atoms with Crippen LogP contribution in [0, 0.1) is 0 Å². The number of benzene rings is 1. The van der Waals surface area contributed by atoms with Gasteiger partial charge in [-0.25, -0.2) is 0 Å². The molecule has 1 aromatic carbocycles. The first-order valence-electron chi connectivity index (χ1n) is 6.63. The molecule has 1 aliphatic rings. The van der Waals surface area contributed by atoms with Crippen LogP contribution in [0.4, 0.5) is 0 Å². The van der Waals surface area contributed by atoms with Gasteiger partial charge in [0.2, 0.25) is 0 Å². The molecule has 0 unspecified atom stereocenters. The molecule has 0 aliphatic carbocycles. The number of guanidine groups is 1. The fourth-order valence-electron chi connectivity index (χ4n) is 2.06. The quantitative estimate of drug-likeness (QED) is 0.521. The average molecular weight is 282 g/mol. The van der Waals surface area contributed by atoms with E-state index >= 15 is 0 Å². The highest BCUT2D eigenvalue weighted by Gasteiger charge is 2.11. The van der Waals surface area contributed by atoms with Gasteiger partial charge in [-0.05, 0) is 24.5 Å². The molecule has 1 heterocycles. The van der Waals surface area contributed by atoms with Crippen LogP contribution in [0.2, 0.25) is 5.02 Å². The van der Waals surface area contributed by atoms with Gasteiger partial charge in [0.1, 0.15) is 0 Å². The Balaban J connectivity index is 1.75. The Hall–Kier alpha value is -1.26. The molecule has 0 atom stereocenters. The van der Waals surface area contributed by atoms with Crippen LogP contribution in [-0.2, 0) is 11.2 Å². The second kappa shape index (κ2) is 7.36. The third kappa shape index (κ3) is 4.40. The molecule has 0 aromatic heterocycles. The Bertz CT molecular complexity index is 430. The fraction of sp³-hybridized carbons (Fsp3) is 0.500. The van der Waals surface area contributed by atoms with Gasteiger partial charge in [-0.3, -0.25) is 4.99 Å². The van der Waals surface area contributed by atoms with E-state index in [9.17, 15) is 0 Å². The van der Waals surface area contributed by atoms with Crippen LogP contribution in [0.25, 0.3) is 0 Å². The zero-order valence-electron chi connectivity index (χ0n) is 11.0. The number of aliphatic imine (C=N–C) groups is 1. The number of hydrogen-bond donors (Lipinski definition) is 1. The number of rotatable bonds is 4. The van der Waals surface area contributed by atoms with Crippen LogP contribution in [0.5, 0.6) is 0 Å². The topological polar surface area (TPSA) is 50.8 Å². The van der Waals surface area contributed by atoms with Crippen LogP contribution in [0.1, 0.15) is 12.0 Å². The van der Waals surface area contributed by atoms with Crippen molar-refractivity contribution in [1.29, 1.82) is 0 Å². The highest BCUT2D eigenvalue weighted by atomic mass is 35.5. The molecule has 0 amide bonds. The number of morpholine rings is 1. The fourth-order valence-corrected chi connectivity index (χ4v) is 2.29. The van der Waals surface area contributed by atoms with E-state index in [2.05, 4.69) is 16.0 Å². The predicted octanol–water partition coefficient (Wildman–Crippen LogP) is 1.92. The second-order valence-electron chi connectivity index (χ2n) is 4.53. The molecule has 0 bridgehead atoms. The third-order valence-electron chi connectivity index (χ3n) is 3.17. The lowest BCUT2D eigenvalue weighted by Crippen LogP contribution is -2.44. The van der Waals surface area contributed by atoms with Gasteiger partial charge in [0.25, 0.3) is 0 Å². The SMILES string of the molecule is NC(=NCCCc1ccccc1Cl)N1CCOCC1. The van der Waals surface area contributed by atoms with Crippen molar-refractivity contribution in [2.75, 3.05) is 32.8 Å². The molecular weight excluding hydrogens is 262 g/mol. The average Bonchev–Trinajstić information content (AvgIpc) is 2.46. The standard InChI is InChI=1S/C14H20ClN3O/c15-13-6-2-1-4-12(13)5-3-7-17-14(16)18-8-10-19-11-9-18/h1-2,4,6H,3,5,7-11H2,(H2,16,17). The number of nitrogens with two attached hydrogens (primary N) is 1. The van der Waals surface area contributed by atoms with E-state index in [1.54, 1.807) is 0 Å². The summed E-state index contributed by atoms with van der Waals surface area (Å²) in [5, 5.41) is 0.827. The molecule has 1 aliphatic heterocycles. The van der Waals surface area contributed by atoms with Crippen LogP contribution >= 0.6 is 11.6 Å². The van der Waals surface area contributed by atoms with Crippen molar-refractivity contribution < 1.29 is 4.74 Å². The Morgan fingerprint density at radius 2 is 2.05 bits per heavy atom. The minimum absolute atomic E-state index is 0.627. The zero-order chi connectivity index (χ0) is 13.5. The first kappa shape index (κ1) is 14.2. The largest absolute Gasteiger partial charge is 0.378 e. The normalized spacial score (nSPS) is 16.7. The molecule has 0 spiro atoms. The van der Waals surface area contributed by atoms with Crippen molar-refractivity contribution >= 4 is 17.6 Å². The zero-order valence-corrected chi connectivity index (χ0v) is 11.8. The Labute approximate surface area is 119 Å². The van der Waals surface area contributed by atoms with Gasteiger partial charge in [0.15, 0.2) is 5.96 Å². The summed E-state index contributed by atoms with van der Waals surface area (Å²) in [7, 11) is 0. The first-order chi connectivity index (χ1) is 9.27. The number of hydrogen-bond acceptors (Lipinski definition) is 2. The molecule has 5 heteroatoms. The van der Waals surface area contributed by atoms with Gasteiger partial charge in [-0.1, -0.05) is 29.8 Å². The maximum atomic E-state index is 6.10. The predicted molar refractivity (Wildman–Crippen MR) is 78.7 cm³/mol. The lowest BCUT2D eigenvalue weighted by molar-refractivity contribution is 0.0674. The molecule has 2 rings (SSSR count). The maximum Gasteiger partial charge on any atom is 0.191 e. The van der Waals surface area contributed by atoms with Gasteiger partial charge in [0.05, 0.1) is 13.2 Å². The van der Waals surface area contributed by atoms with Crippen LogP contribution < -0.4 is 5.73 Å². The van der Waals surface area contributed by atoms with Crippen molar-refractivity contribution in [2.45, 2.75) is 12.8 Å². The van der Waals surface area contributed by atoms with Crippen LogP contribution in [0.15, 0.2) is 29.3 Å². The number of halogens is 1. The highest BCUT2D eigenvalue weighted by Crippen LogP contribution is 2.16. The Kier molecular flexibility index (Phi) is 5.48. The van der Waals surface area contributed by atoms with Gasteiger partial charge < -0.3 is 15.4 Å². The lowest BCUT2D eigenvalue weighted by Gasteiger charge is -2.27. The third-order valence-corrected chi connectivity index (χ3v) is 3.54. The van der Waals surface area contributed by atoms with E-state index in [1.165, 1.54) is 5.56 Å². The highest BCUT2D eigenvalue weighted by molar-refractivity contribution is 6.31. The smallest absolute Gasteiger partial charge is 0.191 e. The number of ether oxygens (including phenoxy) is 1. The van der Waals surface area contributed by atoms with E-state index in [1.807, 2.05) is 18.2 Å². The van der Waals surface area contributed by atoms with Gasteiger partial charge in [0, 0.05) is 24.7 Å². The van der Waals surface area contributed by atoms with Crippen molar-refractivity contribution in [3.05, 3.63) is 34.9 Å². The molecule has 0 radical (unpaired) electrons. The second-order valence-corrected chi connectivity index (χ2v) is 4.94. The first-order valence-corrected chi connectivity index (χ1v) is 7.01. The molecule has 19 heavy (non-hydrogen) atoms. The van der Waals surface area contributed by atoms with Gasteiger partial charge in [-0.15, -0.1) is 0 Å². The van der Waals surface area contributed by atoms with Crippen molar-refractivity contribution in [3.63, 3.8) is 0 Å². The number of nitrogens with zero attached hydrogens (tertiary/aromatic N) is 2. The van der Waals surface area contributed by atoms with Crippen molar-refractivity contribution in [1.82, 2.24) is 4.90 Å². The van der Waals surface area contributed by atoms with E-state index in [-0.39, 0.29) is 0 Å². The molecule has 0 saturated carbocycles. The van der Waals surface area contributed by atoms with E-state index in [4.69, 9.17) is 22.1 Å². The van der Waals surface area contributed by atoms with Crippen molar-refractivity contribution in [2.24, 2.45) is 10.7 Å². The molecule has 1 aromatic rings. The van der Waals surface area contributed by atoms with Gasteiger partial charge in [-0.2, -0.15) is 0 Å². The maximum absolute atomic E-state index is 6.10. The Morgan fingerprint density at radius 3 is 2.79 bits per heavy atom. The lowest BCUT2D eigenvalue weighted by atomic mass is 10.1. The summed E-state index contributed by atoms with van der Waals surface area (Å²) in [6.07, 6.45) is 1.88. The summed E-state index contributed by atoms with van der Waals surface area (Å²) >= 11 is 6.10. The monoisotopic (exact) mass is 281 g/mol. The Morgan fingerprint density at radius 1 is 1.32 bits per heavy atom. The summed E-state index contributed by atoms with van der Waals surface area (Å²) in [4.78, 5) is 6.48. The van der Waals surface area contributed by atoms with Crippen LogP contribution in [0.3, 0.4) is 0 Å². The van der Waals surface area contributed by atoms with E-state index in [0.717, 1.165) is 50.7 Å². The molecule has 104 valence electrons. The molecular formula is C14H20ClN3O. The summed E-state index contributed by atoms with van der Waals surface area (Å²) in [6.45, 7) is 3.86. The van der Waals surface area contributed by atoms with Crippen molar-refractivity contribution in [3.8, 4) is 0 Å². The number of aryl methyl sites for hydroxylation is 1. The van der Waals surface area contributed by atoms with E-state index < -0.39 is 0 Å². The molecule has 4 nitrogen and oxygen atoms in total. The summed E-state index contributed by atoms with van der Waals surface area (Å²) in [6, 6.07) is 7.92. The minimum Gasteiger partial charge on any atom is -0.378 e. The summed E-state index contributed by atoms with van der Waals surface area (Å²) in [5.41, 5.74) is 7.12. The van der Waals surface area contributed by atoms with Crippen LogP contribution in [-0.4, -0.2) is 43.7 Å². The summed E-state index contributed by atoms with van der Waals surface area (Å²) in [5.74, 6) is 0.627. The summed E-state index contributed by atoms with van der Waals surface area (Å²) < 4.78 is 5.28.